The summed E-state index contributed by atoms with van der Waals surface area (Å²) in [6, 6.07) is 9.10. The van der Waals surface area contributed by atoms with E-state index in [0.717, 1.165) is 5.56 Å². The van der Waals surface area contributed by atoms with Crippen molar-refractivity contribution in [2.45, 2.75) is 26.2 Å². The van der Waals surface area contributed by atoms with E-state index >= 15 is 4.39 Å². The molecule has 0 aliphatic heterocycles. The van der Waals surface area contributed by atoms with Crippen LogP contribution in [0.2, 0.25) is 0 Å². The minimum atomic E-state index is -0.424. The normalized spacial score (nSPS) is 11.5. The second-order valence-corrected chi connectivity index (χ2v) is 6.27. The number of hydrogen-bond acceptors (Lipinski definition) is 3. The van der Waals surface area contributed by atoms with Crippen LogP contribution in [0.5, 0.6) is 11.8 Å². The number of aromatic nitrogens is 3. The molecule has 0 unspecified atom stereocenters. The van der Waals surface area contributed by atoms with Gasteiger partial charge in [0.1, 0.15) is 0 Å². The standard InChI is InChI=1S/C18H18FN3O/c1-18(2,3)13-8-7-12(14-6-4-9-20-14)15(19)16(13)23-17-21-10-5-11-22-17/h4-11,20H,1-3H3. The molecule has 5 heteroatoms. The van der Waals surface area contributed by atoms with Crippen LogP contribution in [-0.2, 0) is 5.41 Å². The van der Waals surface area contributed by atoms with E-state index in [4.69, 9.17) is 4.74 Å². The molecule has 0 aliphatic rings. The summed E-state index contributed by atoms with van der Waals surface area (Å²) < 4.78 is 20.8. The number of H-pyrrole nitrogens is 1. The highest BCUT2D eigenvalue weighted by Crippen LogP contribution is 2.39. The van der Waals surface area contributed by atoms with Crippen LogP contribution in [0.3, 0.4) is 0 Å². The van der Waals surface area contributed by atoms with Crippen molar-refractivity contribution >= 4 is 0 Å². The summed E-state index contributed by atoms with van der Waals surface area (Å²) in [6.07, 6.45) is 4.88. The molecule has 0 saturated carbocycles. The van der Waals surface area contributed by atoms with Crippen LogP contribution in [0.25, 0.3) is 11.3 Å². The lowest BCUT2D eigenvalue weighted by molar-refractivity contribution is 0.394. The Kier molecular flexibility index (Phi) is 3.86. The zero-order chi connectivity index (χ0) is 16.4. The van der Waals surface area contributed by atoms with Gasteiger partial charge in [0.15, 0.2) is 11.6 Å². The van der Waals surface area contributed by atoms with Crippen molar-refractivity contribution in [2.24, 2.45) is 0 Å². The van der Waals surface area contributed by atoms with Crippen LogP contribution in [0.1, 0.15) is 26.3 Å². The number of aromatic amines is 1. The maximum Gasteiger partial charge on any atom is 0.321 e. The van der Waals surface area contributed by atoms with E-state index in [1.807, 2.05) is 39.0 Å². The monoisotopic (exact) mass is 311 g/mol. The van der Waals surface area contributed by atoms with Gasteiger partial charge in [-0.05, 0) is 29.7 Å². The summed E-state index contributed by atoms with van der Waals surface area (Å²) in [5, 5.41) is 0. The molecule has 3 aromatic rings. The number of hydrogen-bond donors (Lipinski definition) is 1. The maximum absolute atomic E-state index is 15.1. The largest absolute Gasteiger partial charge is 0.421 e. The molecular formula is C18H18FN3O. The summed E-state index contributed by atoms with van der Waals surface area (Å²) >= 11 is 0. The van der Waals surface area contributed by atoms with E-state index in [9.17, 15) is 0 Å². The van der Waals surface area contributed by atoms with Crippen LogP contribution >= 0.6 is 0 Å². The SMILES string of the molecule is CC(C)(C)c1ccc(-c2ccc[nH]2)c(F)c1Oc1ncccn1. The second-order valence-electron chi connectivity index (χ2n) is 6.27. The first-order valence-corrected chi connectivity index (χ1v) is 7.38. The van der Waals surface area contributed by atoms with Gasteiger partial charge in [0.05, 0.1) is 0 Å². The lowest BCUT2D eigenvalue weighted by Crippen LogP contribution is -2.14. The minimum absolute atomic E-state index is 0.125. The third-order valence-corrected chi connectivity index (χ3v) is 3.53. The van der Waals surface area contributed by atoms with Gasteiger partial charge >= 0.3 is 6.01 Å². The molecule has 1 aromatic carbocycles. The Morgan fingerprint density at radius 2 is 1.78 bits per heavy atom. The van der Waals surface area contributed by atoms with E-state index in [1.54, 1.807) is 30.7 Å². The average molecular weight is 311 g/mol. The molecule has 4 nitrogen and oxygen atoms in total. The second kappa shape index (κ2) is 5.83. The van der Waals surface area contributed by atoms with E-state index < -0.39 is 5.82 Å². The number of halogens is 1. The molecule has 2 aromatic heterocycles. The Hall–Kier alpha value is -2.69. The minimum Gasteiger partial charge on any atom is -0.421 e. The predicted molar refractivity (Wildman–Crippen MR) is 87.0 cm³/mol. The van der Waals surface area contributed by atoms with Crippen LogP contribution in [0.15, 0.2) is 48.9 Å². The Balaban J connectivity index is 2.14. The van der Waals surface area contributed by atoms with E-state index in [-0.39, 0.29) is 17.2 Å². The number of ether oxygens (including phenoxy) is 1. The lowest BCUT2D eigenvalue weighted by atomic mass is 9.85. The van der Waals surface area contributed by atoms with Gasteiger partial charge in [0.25, 0.3) is 0 Å². The van der Waals surface area contributed by atoms with Gasteiger partial charge in [-0.3, -0.25) is 0 Å². The third-order valence-electron chi connectivity index (χ3n) is 3.53. The van der Waals surface area contributed by atoms with Crippen molar-refractivity contribution in [1.29, 1.82) is 0 Å². The number of rotatable bonds is 3. The van der Waals surface area contributed by atoms with Crippen molar-refractivity contribution in [3.63, 3.8) is 0 Å². The van der Waals surface area contributed by atoms with E-state index in [0.29, 0.717) is 11.3 Å². The van der Waals surface area contributed by atoms with Gasteiger partial charge < -0.3 is 9.72 Å². The summed E-state index contributed by atoms with van der Waals surface area (Å²) in [5.74, 6) is -0.261. The zero-order valence-corrected chi connectivity index (χ0v) is 13.3. The van der Waals surface area contributed by atoms with Crippen molar-refractivity contribution in [3.8, 4) is 23.0 Å². The number of nitrogens with one attached hydrogen (secondary N) is 1. The molecule has 0 spiro atoms. The van der Waals surface area contributed by atoms with Gasteiger partial charge in [-0.1, -0.05) is 26.8 Å². The highest BCUT2D eigenvalue weighted by molar-refractivity contribution is 5.65. The molecule has 0 aliphatic carbocycles. The average Bonchev–Trinajstić information content (AvgIpc) is 3.03. The molecule has 0 fully saturated rings. The fraction of sp³-hybridized carbons (Fsp3) is 0.222. The molecule has 0 atom stereocenters. The zero-order valence-electron chi connectivity index (χ0n) is 13.3. The van der Waals surface area contributed by atoms with Crippen molar-refractivity contribution in [3.05, 3.63) is 60.3 Å². The van der Waals surface area contributed by atoms with Crippen molar-refractivity contribution in [1.82, 2.24) is 15.0 Å². The Morgan fingerprint density at radius 3 is 2.39 bits per heavy atom. The molecule has 3 rings (SSSR count). The summed E-state index contributed by atoms with van der Waals surface area (Å²) in [5.41, 5.74) is 1.63. The van der Waals surface area contributed by atoms with Crippen LogP contribution in [-0.4, -0.2) is 15.0 Å². The van der Waals surface area contributed by atoms with Gasteiger partial charge in [-0.25, -0.2) is 14.4 Å². The van der Waals surface area contributed by atoms with Crippen LogP contribution in [0, 0.1) is 5.82 Å². The predicted octanol–water partition coefficient (Wildman–Crippen LogP) is 4.70. The summed E-state index contributed by atoms with van der Waals surface area (Å²) in [4.78, 5) is 11.1. The Bertz CT molecular complexity index is 793. The highest BCUT2D eigenvalue weighted by atomic mass is 19.1. The van der Waals surface area contributed by atoms with Crippen LogP contribution < -0.4 is 4.74 Å². The lowest BCUT2D eigenvalue weighted by Gasteiger charge is -2.23. The fourth-order valence-electron chi connectivity index (χ4n) is 2.38. The first-order chi connectivity index (χ1) is 11.0. The van der Waals surface area contributed by atoms with Gasteiger partial charge in [0.2, 0.25) is 0 Å². The molecule has 0 radical (unpaired) electrons. The quantitative estimate of drug-likeness (QED) is 0.762. The molecular weight excluding hydrogens is 293 g/mol. The molecule has 118 valence electrons. The van der Waals surface area contributed by atoms with E-state index in [2.05, 4.69) is 15.0 Å². The number of nitrogens with zero attached hydrogens (tertiary/aromatic N) is 2. The molecule has 2 heterocycles. The van der Waals surface area contributed by atoms with E-state index in [1.165, 1.54) is 0 Å². The Labute approximate surface area is 134 Å². The number of benzene rings is 1. The Morgan fingerprint density at radius 1 is 1.04 bits per heavy atom. The first-order valence-electron chi connectivity index (χ1n) is 7.38. The highest BCUT2D eigenvalue weighted by Gasteiger charge is 2.25. The molecule has 0 saturated heterocycles. The molecule has 0 bridgehead atoms. The van der Waals surface area contributed by atoms with Crippen molar-refractivity contribution in [2.75, 3.05) is 0 Å². The van der Waals surface area contributed by atoms with Crippen LogP contribution in [0.4, 0.5) is 4.39 Å². The smallest absolute Gasteiger partial charge is 0.321 e. The van der Waals surface area contributed by atoms with Crippen molar-refractivity contribution < 1.29 is 9.13 Å². The summed E-state index contributed by atoms with van der Waals surface area (Å²) in [6.45, 7) is 6.03. The molecule has 23 heavy (non-hydrogen) atoms. The molecule has 1 N–H and O–H groups in total. The third kappa shape index (κ3) is 3.08. The van der Waals surface area contributed by atoms with Gasteiger partial charge in [-0.15, -0.1) is 0 Å². The topological polar surface area (TPSA) is 50.8 Å². The first kappa shape index (κ1) is 15.2. The fourth-order valence-corrected chi connectivity index (χ4v) is 2.38. The van der Waals surface area contributed by atoms with Gasteiger partial charge in [0, 0.05) is 35.4 Å². The molecule has 0 amide bonds. The summed E-state index contributed by atoms with van der Waals surface area (Å²) in [7, 11) is 0. The van der Waals surface area contributed by atoms with Gasteiger partial charge in [-0.2, -0.15) is 0 Å². The maximum atomic E-state index is 15.1.